The predicted octanol–water partition coefficient (Wildman–Crippen LogP) is 5.81. The van der Waals surface area contributed by atoms with E-state index in [4.69, 9.17) is 21.1 Å². The standard InChI is InChI=1S/C34H35ClN4O4/c1-36-14-7-15-37(17-16-36)34(41)31-13-12-25-22-39(30-11-5-4-8-24(30)21-38(25)31)33(40)28-19-29(35)27(20-32(28)43-3)23-9-6-10-26(18-23)42-2/h4-6,8-13,18-20H,7,14-17,21-22H2,1-3H3. The first-order valence-corrected chi connectivity index (χ1v) is 14.8. The topological polar surface area (TPSA) is 67.2 Å². The molecule has 1 aromatic heterocycles. The zero-order valence-corrected chi connectivity index (χ0v) is 25.4. The second kappa shape index (κ2) is 12.1. The van der Waals surface area contributed by atoms with Crippen molar-refractivity contribution in [1.29, 1.82) is 0 Å². The van der Waals surface area contributed by atoms with E-state index < -0.39 is 0 Å². The number of benzene rings is 3. The van der Waals surface area contributed by atoms with Crippen LogP contribution in [-0.4, -0.2) is 73.6 Å². The molecule has 43 heavy (non-hydrogen) atoms. The van der Waals surface area contributed by atoms with Crippen molar-refractivity contribution in [3.63, 3.8) is 0 Å². The number of carbonyl (C=O) groups is 2. The Kier molecular flexibility index (Phi) is 8.15. The number of rotatable bonds is 5. The van der Waals surface area contributed by atoms with Crippen LogP contribution in [0.15, 0.2) is 72.8 Å². The molecule has 222 valence electrons. The number of halogens is 1. The van der Waals surface area contributed by atoms with Crippen LogP contribution in [0.1, 0.15) is 38.5 Å². The summed E-state index contributed by atoms with van der Waals surface area (Å²) in [6.07, 6.45) is 0.946. The summed E-state index contributed by atoms with van der Waals surface area (Å²) >= 11 is 6.80. The molecule has 3 aromatic carbocycles. The average molecular weight is 599 g/mol. The van der Waals surface area contributed by atoms with E-state index in [9.17, 15) is 9.59 Å². The normalized spacial score (nSPS) is 15.3. The first kappa shape index (κ1) is 28.8. The predicted molar refractivity (Wildman–Crippen MR) is 168 cm³/mol. The minimum Gasteiger partial charge on any atom is -0.497 e. The van der Waals surface area contributed by atoms with E-state index in [-0.39, 0.29) is 11.8 Å². The third-order valence-electron chi connectivity index (χ3n) is 8.37. The molecule has 8 nitrogen and oxygen atoms in total. The largest absolute Gasteiger partial charge is 0.497 e. The van der Waals surface area contributed by atoms with Gasteiger partial charge in [0, 0.05) is 41.6 Å². The molecule has 6 rings (SSSR count). The van der Waals surface area contributed by atoms with E-state index in [1.54, 1.807) is 31.3 Å². The van der Waals surface area contributed by atoms with Crippen molar-refractivity contribution in [2.24, 2.45) is 0 Å². The molecule has 0 unspecified atom stereocenters. The summed E-state index contributed by atoms with van der Waals surface area (Å²) in [5.74, 6) is 0.922. The van der Waals surface area contributed by atoms with Gasteiger partial charge in [-0.2, -0.15) is 0 Å². The average Bonchev–Trinajstić information content (AvgIpc) is 3.18. The van der Waals surface area contributed by atoms with Gasteiger partial charge in [0.15, 0.2) is 0 Å². The molecule has 1 saturated heterocycles. The number of carbonyl (C=O) groups excluding carboxylic acids is 2. The lowest BCUT2D eigenvalue weighted by Crippen LogP contribution is -2.36. The van der Waals surface area contributed by atoms with E-state index in [0.717, 1.165) is 54.1 Å². The van der Waals surface area contributed by atoms with Crippen molar-refractivity contribution in [2.45, 2.75) is 19.5 Å². The van der Waals surface area contributed by atoms with Crippen molar-refractivity contribution in [3.05, 3.63) is 100 Å². The van der Waals surface area contributed by atoms with Crippen LogP contribution in [0, 0.1) is 0 Å². The van der Waals surface area contributed by atoms with Crippen molar-refractivity contribution in [1.82, 2.24) is 14.4 Å². The molecule has 4 aromatic rings. The van der Waals surface area contributed by atoms with Crippen LogP contribution < -0.4 is 14.4 Å². The fourth-order valence-electron chi connectivity index (χ4n) is 5.99. The summed E-state index contributed by atoms with van der Waals surface area (Å²) in [7, 11) is 5.26. The fraction of sp³-hybridized carbons (Fsp3) is 0.294. The number of hydrogen-bond donors (Lipinski definition) is 0. The van der Waals surface area contributed by atoms with Gasteiger partial charge in [0.1, 0.15) is 17.2 Å². The Bertz CT molecular complexity index is 1680. The van der Waals surface area contributed by atoms with Crippen LogP contribution in [-0.2, 0) is 13.1 Å². The highest BCUT2D eigenvalue weighted by atomic mass is 35.5. The summed E-state index contributed by atoms with van der Waals surface area (Å²) in [5.41, 5.74) is 5.23. The molecule has 2 aliphatic heterocycles. The van der Waals surface area contributed by atoms with Gasteiger partial charge < -0.3 is 28.7 Å². The number of hydrogen-bond acceptors (Lipinski definition) is 5. The fourth-order valence-corrected chi connectivity index (χ4v) is 6.26. The van der Waals surface area contributed by atoms with Crippen molar-refractivity contribution in [2.75, 3.05) is 52.3 Å². The van der Waals surface area contributed by atoms with E-state index in [2.05, 4.69) is 16.5 Å². The van der Waals surface area contributed by atoms with E-state index in [0.29, 0.717) is 47.4 Å². The molecule has 0 spiro atoms. The number of methoxy groups -OCH3 is 2. The molecule has 0 N–H and O–H groups in total. The highest BCUT2D eigenvalue weighted by Gasteiger charge is 2.30. The Hall–Kier alpha value is -4.27. The maximum Gasteiger partial charge on any atom is 0.270 e. The molecule has 9 heteroatoms. The summed E-state index contributed by atoms with van der Waals surface area (Å²) in [5, 5.41) is 0.430. The van der Waals surface area contributed by atoms with Crippen molar-refractivity contribution in [3.8, 4) is 22.6 Å². The van der Waals surface area contributed by atoms with Crippen LogP contribution in [0.4, 0.5) is 5.69 Å². The molecule has 0 radical (unpaired) electrons. The summed E-state index contributed by atoms with van der Waals surface area (Å²) in [6.45, 7) is 4.05. The second-order valence-corrected chi connectivity index (χ2v) is 11.4. The maximum atomic E-state index is 14.3. The summed E-state index contributed by atoms with van der Waals surface area (Å²) in [6, 6.07) is 22.8. The number of para-hydroxylation sites is 1. The van der Waals surface area contributed by atoms with Crippen molar-refractivity contribution < 1.29 is 19.1 Å². The van der Waals surface area contributed by atoms with E-state index in [1.807, 2.05) is 65.6 Å². The molecule has 0 saturated carbocycles. The Balaban J connectivity index is 1.36. The summed E-state index contributed by atoms with van der Waals surface area (Å²) < 4.78 is 13.2. The van der Waals surface area contributed by atoms with Crippen molar-refractivity contribution >= 4 is 29.1 Å². The monoisotopic (exact) mass is 598 g/mol. The van der Waals surface area contributed by atoms with Gasteiger partial charge in [0.25, 0.3) is 11.8 Å². The minimum atomic E-state index is -0.235. The Morgan fingerprint density at radius 1 is 0.814 bits per heavy atom. The number of ether oxygens (including phenoxy) is 2. The number of fused-ring (bicyclic) bond motifs is 2. The van der Waals surface area contributed by atoms with Gasteiger partial charge in [-0.15, -0.1) is 0 Å². The first-order chi connectivity index (χ1) is 20.9. The Labute approximate surface area is 257 Å². The molecule has 2 aliphatic rings. The smallest absolute Gasteiger partial charge is 0.270 e. The summed E-state index contributed by atoms with van der Waals surface area (Å²) in [4.78, 5) is 34.0. The Morgan fingerprint density at radius 3 is 2.47 bits per heavy atom. The molecule has 0 aliphatic carbocycles. The van der Waals surface area contributed by atoms with Crippen LogP contribution in [0.5, 0.6) is 11.5 Å². The van der Waals surface area contributed by atoms with Gasteiger partial charge >= 0.3 is 0 Å². The number of nitrogens with zero attached hydrogens (tertiary/aromatic N) is 4. The molecule has 2 amide bonds. The van der Waals surface area contributed by atoms with E-state index >= 15 is 0 Å². The number of aromatic nitrogens is 1. The molecule has 0 bridgehead atoms. The lowest BCUT2D eigenvalue weighted by Gasteiger charge is -2.24. The molecular formula is C34H35ClN4O4. The third kappa shape index (κ3) is 5.60. The van der Waals surface area contributed by atoms with E-state index in [1.165, 1.54) is 0 Å². The second-order valence-electron chi connectivity index (χ2n) is 11.0. The highest BCUT2D eigenvalue weighted by molar-refractivity contribution is 6.34. The third-order valence-corrected chi connectivity index (χ3v) is 8.69. The SMILES string of the molecule is COc1cccc(-c2cc(OC)c(C(=O)N3Cc4ccc(C(=O)N5CCCN(C)CC5)n4Cc4ccccc43)cc2Cl)c1. The van der Waals surface area contributed by atoms with Gasteiger partial charge in [-0.1, -0.05) is 41.9 Å². The lowest BCUT2D eigenvalue weighted by molar-refractivity contribution is 0.0752. The van der Waals surface area contributed by atoms with Gasteiger partial charge in [-0.3, -0.25) is 9.59 Å². The zero-order chi connectivity index (χ0) is 30.1. The molecule has 0 atom stereocenters. The Morgan fingerprint density at radius 2 is 1.65 bits per heavy atom. The van der Waals surface area contributed by atoms with Gasteiger partial charge in [0.05, 0.1) is 32.9 Å². The highest BCUT2D eigenvalue weighted by Crippen LogP contribution is 2.38. The number of anilines is 1. The quantitative estimate of drug-likeness (QED) is 0.290. The molecular weight excluding hydrogens is 564 g/mol. The molecule has 1 fully saturated rings. The number of amides is 2. The first-order valence-electron chi connectivity index (χ1n) is 14.5. The van der Waals surface area contributed by atoms with Crippen LogP contribution in [0.25, 0.3) is 11.1 Å². The van der Waals surface area contributed by atoms with Gasteiger partial charge in [0.2, 0.25) is 0 Å². The number of likely N-dealkylation sites (N-methyl/N-ethyl adjacent to an activating group) is 1. The van der Waals surface area contributed by atoms with Crippen LogP contribution in [0.2, 0.25) is 5.02 Å². The van der Waals surface area contributed by atoms with Crippen LogP contribution >= 0.6 is 11.6 Å². The van der Waals surface area contributed by atoms with Crippen LogP contribution in [0.3, 0.4) is 0 Å². The molecule has 3 heterocycles. The zero-order valence-electron chi connectivity index (χ0n) is 24.7. The van der Waals surface area contributed by atoms with Gasteiger partial charge in [-0.25, -0.2) is 0 Å². The maximum absolute atomic E-state index is 14.3. The van der Waals surface area contributed by atoms with Gasteiger partial charge in [-0.05, 0) is 73.6 Å². The lowest BCUT2D eigenvalue weighted by atomic mass is 10.0. The minimum absolute atomic E-state index is 0.0281.